The molecule has 0 fully saturated rings. The highest BCUT2D eigenvalue weighted by atomic mass is 15.2. The molecular weight excluding hydrogens is 270 g/mol. The maximum Gasteiger partial charge on any atom is 0.130 e. The molecule has 1 heterocycles. The molecule has 2 rings (SSSR count). The van der Waals surface area contributed by atoms with E-state index in [0.29, 0.717) is 5.92 Å². The predicted octanol–water partition coefficient (Wildman–Crippen LogP) is 4.54. The Labute approximate surface area is 133 Å². The molecule has 0 radical (unpaired) electrons. The topological polar surface area (TPSA) is 50.8 Å². The van der Waals surface area contributed by atoms with Gasteiger partial charge in [-0.2, -0.15) is 10.5 Å². The van der Waals surface area contributed by atoms with Crippen LogP contribution in [0.3, 0.4) is 0 Å². The molecule has 1 aliphatic heterocycles. The molecule has 114 valence electrons. The number of nitrogens with zero attached hydrogens (tertiary/aromatic N) is 3. The van der Waals surface area contributed by atoms with Gasteiger partial charge in [0, 0.05) is 17.8 Å². The second kappa shape index (κ2) is 5.85. The largest absolute Gasteiger partial charge is 0.366 e. The van der Waals surface area contributed by atoms with Crippen LogP contribution in [0.2, 0.25) is 0 Å². The summed E-state index contributed by atoms with van der Waals surface area (Å²) < 4.78 is 0. The lowest BCUT2D eigenvalue weighted by atomic mass is 9.79. The molecule has 0 saturated carbocycles. The first kappa shape index (κ1) is 16.1. The summed E-state index contributed by atoms with van der Waals surface area (Å²) in [5.74, 6) is 0.466. The van der Waals surface area contributed by atoms with Crippen LogP contribution in [0.5, 0.6) is 0 Å². The molecule has 3 nitrogen and oxygen atoms in total. The van der Waals surface area contributed by atoms with Crippen LogP contribution in [0.15, 0.2) is 17.7 Å². The Bertz CT molecular complexity index is 683. The number of hydrogen-bond acceptors (Lipinski definition) is 3. The standard InChI is InChI=1S/C19H23N3/c1-6-22-18-7-13(2)16(8-15(11-20)12-21)9-17(18)14(3)10-19(22,4)5/h7-9,14H,6,10H2,1-5H3/t14-/m1/s1. The summed E-state index contributed by atoms with van der Waals surface area (Å²) in [7, 11) is 0. The van der Waals surface area contributed by atoms with Crippen LogP contribution in [-0.2, 0) is 0 Å². The summed E-state index contributed by atoms with van der Waals surface area (Å²) in [6.07, 6.45) is 2.79. The zero-order valence-corrected chi connectivity index (χ0v) is 14.1. The van der Waals surface area contributed by atoms with E-state index >= 15 is 0 Å². The quantitative estimate of drug-likeness (QED) is 0.752. The minimum Gasteiger partial charge on any atom is -0.366 e. The Morgan fingerprint density at radius 3 is 2.55 bits per heavy atom. The van der Waals surface area contributed by atoms with Gasteiger partial charge in [-0.3, -0.25) is 0 Å². The van der Waals surface area contributed by atoms with Crippen molar-refractivity contribution in [3.05, 3.63) is 34.4 Å². The Kier molecular flexibility index (Phi) is 4.29. The molecule has 0 amide bonds. The van der Waals surface area contributed by atoms with Crippen molar-refractivity contribution in [3.8, 4) is 12.1 Å². The third-order valence-corrected chi connectivity index (χ3v) is 4.63. The first-order valence-corrected chi connectivity index (χ1v) is 7.78. The van der Waals surface area contributed by atoms with Gasteiger partial charge < -0.3 is 4.90 Å². The second-order valence-corrected chi connectivity index (χ2v) is 6.71. The summed E-state index contributed by atoms with van der Waals surface area (Å²) in [5.41, 5.74) is 4.98. The molecule has 1 aromatic rings. The van der Waals surface area contributed by atoms with Gasteiger partial charge in [0.25, 0.3) is 0 Å². The number of fused-ring (bicyclic) bond motifs is 1. The minimum absolute atomic E-state index is 0.148. The van der Waals surface area contributed by atoms with Gasteiger partial charge in [-0.05, 0) is 74.9 Å². The number of nitriles is 2. The first-order chi connectivity index (χ1) is 10.3. The van der Waals surface area contributed by atoms with E-state index in [0.717, 1.165) is 24.1 Å². The molecule has 0 saturated heterocycles. The number of aryl methyl sites for hydroxylation is 1. The SMILES string of the molecule is CCN1c2cc(C)c(C=C(C#N)C#N)cc2[C@H](C)CC1(C)C. The van der Waals surface area contributed by atoms with Gasteiger partial charge in [0.2, 0.25) is 0 Å². The van der Waals surface area contributed by atoms with E-state index in [9.17, 15) is 0 Å². The molecule has 22 heavy (non-hydrogen) atoms. The molecule has 0 spiro atoms. The van der Waals surface area contributed by atoms with Crippen molar-refractivity contribution < 1.29 is 0 Å². The van der Waals surface area contributed by atoms with Crippen LogP contribution in [0.25, 0.3) is 6.08 Å². The van der Waals surface area contributed by atoms with Gasteiger partial charge in [-0.15, -0.1) is 0 Å². The number of allylic oxidation sites excluding steroid dienone is 1. The lowest BCUT2D eigenvalue weighted by Gasteiger charge is -2.47. The van der Waals surface area contributed by atoms with Crippen molar-refractivity contribution in [2.45, 2.75) is 52.5 Å². The van der Waals surface area contributed by atoms with Crippen molar-refractivity contribution in [1.82, 2.24) is 0 Å². The van der Waals surface area contributed by atoms with E-state index in [4.69, 9.17) is 10.5 Å². The van der Waals surface area contributed by atoms with Gasteiger partial charge in [0.15, 0.2) is 0 Å². The fourth-order valence-corrected chi connectivity index (χ4v) is 3.65. The minimum atomic E-state index is 0.148. The maximum absolute atomic E-state index is 8.97. The Balaban J connectivity index is 2.62. The van der Waals surface area contributed by atoms with Gasteiger partial charge >= 0.3 is 0 Å². The molecule has 1 aliphatic rings. The van der Waals surface area contributed by atoms with Crippen molar-refractivity contribution in [2.75, 3.05) is 11.4 Å². The molecule has 1 atom stereocenters. The van der Waals surface area contributed by atoms with E-state index in [1.165, 1.54) is 11.3 Å². The first-order valence-electron chi connectivity index (χ1n) is 7.78. The van der Waals surface area contributed by atoms with Crippen LogP contribution in [0, 0.1) is 29.6 Å². The van der Waals surface area contributed by atoms with Crippen molar-refractivity contribution in [1.29, 1.82) is 10.5 Å². The Morgan fingerprint density at radius 2 is 2.00 bits per heavy atom. The van der Waals surface area contributed by atoms with Gasteiger partial charge in [0.1, 0.15) is 17.7 Å². The van der Waals surface area contributed by atoms with E-state index in [-0.39, 0.29) is 11.1 Å². The monoisotopic (exact) mass is 293 g/mol. The zero-order valence-electron chi connectivity index (χ0n) is 14.1. The summed E-state index contributed by atoms with van der Waals surface area (Å²) in [6, 6.07) is 8.24. The normalized spacial score (nSPS) is 18.9. The van der Waals surface area contributed by atoms with E-state index in [2.05, 4.69) is 44.7 Å². The molecule has 0 bridgehead atoms. The van der Waals surface area contributed by atoms with Crippen LogP contribution in [-0.4, -0.2) is 12.1 Å². The lowest BCUT2D eigenvalue weighted by Crippen LogP contribution is -2.48. The third kappa shape index (κ3) is 2.72. The predicted molar refractivity (Wildman–Crippen MR) is 90.5 cm³/mol. The van der Waals surface area contributed by atoms with E-state index in [1.807, 2.05) is 19.1 Å². The Hall–Kier alpha value is -2.26. The third-order valence-electron chi connectivity index (χ3n) is 4.63. The van der Waals surface area contributed by atoms with Gasteiger partial charge in [-0.25, -0.2) is 0 Å². The van der Waals surface area contributed by atoms with Crippen LogP contribution in [0.1, 0.15) is 56.7 Å². The smallest absolute Gasteiger partial charge is 0.130 e. The van der Waals surface area contributed by atoms with Crippen molar-refractivity contribution >= 4 is 11.8 Å². The van der Waals surface area contributed by atoms with Crippen molar-refractivity contribution in [3.63, 3.8) is 0 Å². The molecule has 0 unspecified atom stereocenters. The summed E-state index contributed by atoms with van der Waals surface area (Å²) in [6.45, 7) is 12.0. The van der Waals surface area contributed by atoms with Crippen LogP contribution >= 0.6 is 0 Å². The van der Waals surface area contributed by atoms with E-state index in [1.54, 1.807) is 6.08 Å². The lowest BCUT2D eigenvalue weighted by molar-refractivity contribution is 0.381. The number of benzene rings is 1. The number of rotatable bonds is 2. The van der Waals surface area contributed by atoms with Gasteiger partial charge in [0.05, 0.1) is 0 Å². The van der Waals surface area contributed by atoms with Crippen LogP contribution in [0.4, 0.5) is 5.69 Å². The highest BCUT2D eigenvalue weighted by Crippen LogP contribution is 2.44. The Morgan fingerprint density at radius 1 is 1.36 bits per heavy atom. The zero-order chi connectivity index (χ0) is 16.5. The molecular formula is C19H23N3. The number of hydrogen-bond donors (Lipinski definition) is 0. The molecule has 0 aromatic heterocycles. The summed E-state index contributed by atoms with van der Waals surface area (Å²) in [5, 5.41) is 17.9. The van der Waals surface area contributed by atoms with Crippen LogP contribution < -0.4 is 4.90 Å². The summed E-state index contributed by atoms with van der Waals surface area (Å²) in [4.78, 5) is 2.46. The highest BCUT2D eigenvalue weighted by Gasteiger charge is 2.35. The summed E-state index contributed by atoms with van der Waals surface area (Å²) >= 11 is 0. The maximum atomic E-state index is 8.97. The second-order valence-electron chi connectivity index (χ2n) is 6.71. The molecule has 0 aliphatic carbocycles. The van der Waals surface area contributed by atoms with Crippen molar-refractivity contribution in [2.24, 2.45) is 0 Å². The fraction of sp³-hybridized carbons (Fsp3) is 0.474. The number of anilines is 1. The fourth-order valence-electron chi connectivity index (χ4n) is 3.65. The molecule has 1 aromatic carbocycles. The highest BCUT2D eigenvalue weighted by molar-refractivity contribution is 5.70. The average molecular weight is 293 g/mol. The van der Waals surface area contributed by atoms with Gasteiger partial charge in [-0.1, -0.05) is 6.92 Å². The molecule has 0 N–H and O–H groups in total. The molecule has 3 heteroatoms. The average Bonchev–Trinajstić information content (AvgIpc) is 2.45. The van der Waals surface area contributed by atoms with E-state index < -0.39 is 0 Å².